The van der Waals surface area contributed by atoms with Crippen molar-refractivity contribution in [3.8, 4) is 0 Å². The van der Waals surface area contributed by atoms with E-state index < -0.39 is 0 Å². The van der Waals surface area contributed by atoms with Gasteiger partial charge in [0.2, 0.25) is 0 Å². The molecule has 15 heavy (non-hydrogen) atoms. The Balaban J connectivity index is 4.45. The lowest BCUT2D eigenvalue weighted by Crippen LogP contribution is -2.52. The van der Waals surface area contributed by atoms with Crippen LogP contribution in [-0.4, -0.2) is 30.1 Å². The molecule has 2 nitrogen and oxygen atoms in total. The van der Waals surface area contributed by atoms with E-state index in [1.165, 1.54) is 19.4 Å². The summed E-state index contributed by atoms with van der Waals surface area (Å²) in [5.74, 6) is 0.822. The van der Waals surface area contributed by atoms with Crippen molar-refractivity contribution in [3.63, 3.8) is 0 Å². The van der Waals surface area contributed by atoms with Crippen LogP contribution in [0.1, 0.15) is 53.9 Å². The fraction of sp³-hybridized carbons (Fsp3) is 1.00. The van der Waals surface area contributed by atoms with Gasteiger partial charge in [0.25, 0.3) is 0 Å². The molecule has 0 rings (SSSR count). The Bertz CT molecular complexity index is 149. The first-order valence-electron chi connectivity index (χ1n) is 6.52. The van der Waals surface area contributed by atoms with Crippen molar-refractivity contribution in [1.29, 1.82) is 0 Å². The minimum absolute atomic E-state index is 0.192. The fourth-order valence-corrected chi connectivity index (χ4v) is 2.09. The number of rotatable bonds is 8. The number of hydrogen-bond acceptors (Lipinski definition) is 2. The van der Waals surface area contributed by atoms with Crippen molar-refractivity contribution in [2.75, 3.05) is 19.6 Å². The van der Waals surface area contributed by atoms with E-state index in [1.54, 1.807) is 0 Å². The van der Waals surface area contributed by atoms with E-state index in [0.29, 0.717) is 0 Å². The van der Waals surface area contributed by atoms with Gasteiger partial charge in [-0.2, -0.15) is 0 Å². The Labute approximate surface area is 96.2 Å². The smallest absolute Gasteiger partial charge is 0.0300 e. The average molecular weight is 214 g/mol. The molecule has 0 radical (unpaired) electrons. The number of hydrogen-bond donors (Lipinski definition) is 1. The largest absolute Gasteiger partial charge is 0.329 e. The van der Waals surface area contributed by atoms with Crippen LogP contribution in [0.3, 0.4) is 0 Å². The minimum Gasteiger partial charge on any atom is -0.329 e. The zero-order valence-electron chi connectivity index (χ0n) is 11.3. The summed E-state index contributed by atoms with van der Waals surface area (Å²) in [5, 5.41) is 0. The van der Waals surface area contributed by atoms with Gasteiger partial charge in [0, 0.05) is 18.6 Å². The van der Waals surface area contributed by atoms with Gasteiger partial charge in [0.1, 0.15) is 0 Å². The highest BCUT2D eigenvalue weighted by atomic mass is 15.2. The van der Waals surface area contributed by atoms with Crippen molar-refractivity contribution in [3.05, 3.63) is 0 Å². The third kappa shape index (κ3) is 4.12. The monoisotopic (exact) mass is 214 g/mol. The Hall–Kier alpha value is -0.0800. The molecule has 0 aromatic carbocycles. The van der Waals surface area contributed by atoms with Crippen LogP contribution >= 0.6 is 0 Å². The van der Waals surface area contributed by atoms with Crippen LogP contribution in [0.5, 0.6) is 0 Å². The molecule has 92 valence electrons. The summed E-state index contributed by atoms with van der Waals surface area (Å²) in [5.41, 5.74) is 6.10. The van der Waals surface area contributed by atoms with Gasteiger partial charge < -0.3 is 5.73 Å². The second-order valence-corrected chi connectivity index (χ2v) is 4.78. The molecule has 2 N–H and O–H groups in total. The average Bonchev–Trinajstić information content (AvgIpc) is 2.30. The minimum atomic E-state index is 0.192. The zero-order chi connectivity index (χ0) is 11.9. The van der Waals surface area contributed by atoms with Crippen LogP contribution < -0.4 is 5.73 Å². The van der Waals surface area contributed by atoms with E-state index in [2.05, 4.69) is 39.5 Å². The Morgan fingerprint density at radius 1 is 1.13 bits per heavy atom. The Kier molecular flexibility index (Phi) is 7.20. The van der Waals surface area contributed by atoms with Gasteiger partial charge in [-0.05, 0) is 25.8 Å². The highest BCUT2D eigenvalue weighted by Crippen LogP contribution is 2.21. The molecular formula is C13H30N2. The van der Waals surface area contributed by atoms with Crippen LogP contribution in [0.2, 0.25) is 0 Å². The fourth-order valence-electron chi connectivity index (χ4n) is 2.09. The van der Waals surface area contributed by atoms with Crippen molar-refractivity contribution >= 4 is 0 Å². The summed E-state index contributed by atoms with van der Waals surface area (Å²) in [6, 6.07) is 0. The van der Waals surface area contributed by atoms with Crippen molar-refractivity contribution in [1.82, 2.24) is 4.90 Å². The van der Waals surface area contributed by atoms with E-state index in [-0.39, 0.29) is 5.54 Å². The van der Waals surface area contributed by atoms with Gasteiger partial charge in [0.05, 0.1) is 0 Å². The molecule has 0 aliphatic rings. The van der Waals surface area contributed by atoms with Gasteiger partial charge in [-0.3, -0.25) is 4.90 Å². The molecule has 0 aromatic rings. The van der Waals surface area contributed by atoms with Crippen molar-refractivity contribution in [2.24, 2.45) is 11.7 Å². The molecule has 0 aliphatic heterocycles. The molecule has 1 atom stereocenters. The Morgan fingerprint density at radius 3 is 1.93 bits per heavy atom. The maximum atomic E-state index is 5.91. The molecule has 0 saturated heterocycles. The topological polar surface area (TPSA) is 29.3 Å². The predicted molar refractivity (Wildman–Crippen MR) is 69.1 cm³/mol. The maximum absolute atomic E-state index is 5.91. The highest BCUT2D eigenvalue weighted by Gasteiger charge is 2.28. The van der Waals surface area contributed by atoms with E-state index >= 15 is 0 Å². The predicted octanol–water partition coefficient (Wildman–Crippen LogP) is 2.87. The standard InChI is InChI=1S/C13H30N2/c1-6-12(7-2)10-15(9-4)13(5,8-3)11-14/h12H,6-11,14H2,1-5H3. The number of nitrogens with two attached hydrogens (primary N) is 1. The number of likely N-dealkylation sites (N-methyl/N-ethyl adjacent to an activating group) is 1. The molecule has 0 fully saturated rings. The Morgan fingerprint density at radius 2 is 1.67 bits per heavy atom. The number of nitrogens with zero attached hydrogens (tertiary/aromatic N) is 1. The molecule has 0 spiro atoms. The highest BCUT2D eigenvalue weighted by molar-refractivity contribution is 4.86. The summed E-state index contributed by atoms with van der Waals surface area (Å²) < 4.78 is 0. The second-order valence-electron chi connectivity index (χ2n) is 4.78. The molecule has 0 heterocycles. The van der Waals surface area contributed by atoms with Gasteiger partial charge >= 0.3 is 0 Å². The third-order valence-electron chi connectivity index (χ3n) is 3.98. The molecule has 0 aliphatic carbocycles. The van der Waals surface area contributed by atoms with E-state index in [9.17, 15) is 0 Å². The quantitative estimate of drug-likeness (QED) is 0.673. The zero-order valence-corrected chi connectivity index (χ0v) is 11.3. The summed E-state index contributed by atoms with van der Waals surface area (Å²) >= 11 is 0. The van der Waals surface area contributed by atoms with Gasteiger partial charge in [-0.1, -0.05) is 40.5 Å². The molecular weight excluding hydrogens is 184 g/mol. The normalized spacial score (nSPS) is 16.0. The van der Waals surface area contributed by atoms with Crippen LogP contribution in [0.4, 0.5) is 0 Å². The van der Waals surface area contributed by atoms with E-state index in [1.807, 2.05) is 0 Å². The van der Waals surface area contributed by atoms with Crippen LogP contribution in [0, 0.1) is 5.92 Å². The third-order valence-corrected chi connectivity index (χ3v) is 3.98. The van der Waals surface area contributed by atoms with E-state index in [0.717, 1.165) is 25.4 Å². The molecule has 0 saturated carbocycles. The summed E-state index contributed by atoms with van der Waals surface area (Å²) in [4.78, 5) is 2.56. The maximum Gasteiger partial charge on any atom is 0.0300 e. The lowest BCUT2D eigenvalue weighted by molar-refractivity contribution is 0.0902. The van der Waals surface area contributed by atoms with Crippen LogP contribution in [-0.2, 0) is 0 Å². The summed E-state index contributed by atoms with van der Waals surface area (Å²) in [7, 11) is 0. The second kappa shape index (κ2) is 7.24. The van der Waals surface area contributed by atoms with Crippen LogP contribution in [0.15, 0.2) is 0 Å². The van der Waals surface area contributed by atoms with Gasteiger partial charge in [-0.25, -0.2) is 0 Å². The first kappa shape index (κ1) is 14.9. The van der Waals surface area contributed by atoms with E-state index in [4.69, 9.17) is 5.73 Å². The molecule has 0 aromatic heterocycles. The summed E-state index contributed by atoms with van der Waals surface area (Å²) in [6.07, 6.45) is 3.69. The van der Waals surface area contributed by atoms with Crippen molar-refractivity contribution < 1.29 is 0 Å². The molecule has 2 heteroatoms. The lowest BCUT2D eigenvalue weighted by Gasteiger charge is -2.41. The first-order valence-corrected chi connectivity index (χ1v) is 6.52. The first-order chi connectivity index (χ1) is 7.07. The molecule has 0 amide bonds. The van der Waals surface area contributed by atoms with Crippen molar-refractivity contribution in [2.45, 2.75) is 59.4 Å². The van der Waals surface area contributed by atoms with Gasteiger partial charge in [-0.15, -0.1) is 0 Å². The van der Waals surface area contributed by atoms with Gasteiger partial charge in [0.15, 0.2) is 0 Å². The lowest BCUT2D eigenvalue weighted by atomic mass is 9.93. The summed E-state index contributed by atoms with van der Waals surface area (Å²) in [6.45, 7) is 14.4. The van der Waals surface area contributed by atoms with Crippen LogP contribution in [0.25, 0.3) is 0 Å². The molecule has 0 bridgehead atoms. The SMILES string of the molecule is CCC(CC)CN(CC)C(C)(CC)CN. The molecule has 1 unspecified atom stereocenters.